The van der Waals surface area contributed by atoms with Crippen molar-refractivity contribution in [2.24, 2.45) is 0 Å². The van der Waals surface area contributed by atoms with E-state index in [-0.39, 0.29) is 0 Å². The molecule has 3 aromatic heterocycles. The lowest BCUT2D eigenvalue weighted by Gasteiger charge is -2.09. The molecule has 0 aliphatic rings. The minimum Gasteiger partial charge on any atom is -0.346 e. The molecule has 0 bridgehead atoms. The number of nitrogens with zero attached hydrogens (tertiary/aromatic N) is 2. The fourth-order valence-electron chi connectivity index (χ4n) is 2.89. The Morgan fingerprint density at radius 3 is 2.46 bits per heavy atom. The van der Waals surface area contributed by atoms with Gasteiger partial charge in [-0.2, -0.15) is 13.2 Å². The zero-order valence-electron chi connectivity index (χ0n) is 14.4. The second-order valence-corrected chi connectivity index (χ2v) is 6.73. The number of fused-ring (bicyclic) bond motifs is 1. The van der Waals surface area contributed by atoms with Gasteiger partial charge in [-0.05, 0) is 47.5 Å². The van der Waals surface area contributed by atoms with E-state index in [4.69, 9.17) is 11.6 Å². The van der Waals surface area contributed by atoms with Crippen LogP contribution in [0.1, 0.15) is 16.7 Å². The molecule has 3 heterocycles. The Morgan fingerprint density at radius 1 is 1.00 bits per heavy atom. The number of anilines is 2. The van der Waals surface area contributed by atoms with Gasteiger partial charge in [0.15, 0.2) is 0 Å². The van der Waals surface area contributed by atoms with Crippen LogP contribution in [-0.4, -0.2) is 15.0 Å². The minimum atomic E-state index is -4.35. The molecule has 28 heavy (non-hydrogen) atoms. The summed E-state index contributed by atoms with van der Waals surface area (Å²) in [6.45, 7) is 0. The first kappa shape index (κ1) is 18.3. The van der Waals surface area contributed by atoms with E-state index in [2.05, 4.69) is 20.3 Å². The van der Waals surface area contributed by atoms with Gasteiger partial charge in [-0.3, -0.25) is 0 Å². The van der Waals surface area contributed by atoms with Crippen LogP contribution in [-0.2, 0) is 12.6 Å². The average Bonchev–Trinajstić information content (AvgIpc) is 3.05. The van der Waals surface area contributed by atoms with Gasteiger partial charge in [0.2, 0.25) is 0 Å². The minimum absolute atomic E-state index is 0.533. The Labute approximate surface area is 163 Å². The third-order valence-electron chi connectivity index (χ3n) is 4.29. The van der Waals surface area contributed by atoms with E-state index in [0.717, 1.165) is 34.3 Å². The number of rotatable bonds is 4. The average molecular weight is 403 g/mol. The van der Waals surface area contributed by atoms with E-state index in [1.807, 2.05) is 18.3 Å². The maximum atomic E-state index is 12.6. The third-order valence-corrected chi connectivity index (χ3v) is 4.49. The molecule has 0 atom stereocenters. The predicted octanol–water partition coefficient (Wildman–Crippen LogP) is 5.96. The Hall–Kier alpha value is -3.06. The molecule has 4 rings (SSSR count). The highest BCUT2D eigenvalue weighted by Gasteiger charge is 2.29. The zero-order chi connectivity index (χ0) is 19.7. The summed E-state index contributed by atoms with van der Waals surface area (Å²) in [5, 5.41) is 4.52. The number of nitrogens with one attached hydrogen (secondary N) is 2. The van der Waals surface area contributed by atoms with Crippen molar-refractivity contribution in [1.82, 2.24) is 15.0 Å². The number of halogens is 4. The summed E-state index contributed by atoms with van der Waals surface area (Å²) in [5.41, 5.74) is 2.65. The number of alkyl halides is 3. The van der Waals surface area contributed by atoms with Crippen molar-refractivity contribution in [3.63, 3.8) is 0 Å². The van der Waals surface area contributed by atoms with E-state index in [0.29, 0.717) is 22.9 Å². The maximum absolute atomic E-state index is 12.6. The molecule has 142 valence electrons. The third kappa shape index (κ3) is 3.94. The fraction of sp³-hybridized carbons (Fsp3) is 0.100. The summed E-state index contributed by atoms with van der Waals surface area (Å²) in [6.07, 6.45) is 1.51. The molecule has 0 radical (unpaired) electrons. The molecule has 1 aromatic carbocycles. The van der Waals surface area contributed by atoms with Crippen LogP contribution < -0.4 is 5.32 Å². The van der Waals surface area contributed by atoms with Crippen molar-refractivity contribution < 1.29 is 13.2 Å². The summed E-state index contributed by atoms with van der Waals surface area (Å²) < 4.78 is 37.9. The Balaban J connectivity index is 1.47. The lowest BCUT2D eigenvalue weighted by atomic mass is 10.1. The largest absolute Gasteiger partial charge is 0.416 e. The highest BCUT2D eigenvalue weighted by Crippen LogP contribution is 2.30. The van der Waals surface area contributed by atoms with Crippen LogP contribution in [0.4, 0.5) is 24.7 Å². The van der Waals surface area contributed by atoms with E-state index in [1.165, 1.54) is 12.1 Å². The number of hydrogen-bond acceptors (Lipinski definition) is 3. The number of benzene rings is 1. The molecule has 4 nitrogen and oxygen atoms in total. The number of hydrogen-bond donors (Lipinski definition) is 2. The van der Waals surface area contributed by atoms with Crippen LogP contribution in [0, 0.1) is 0 Å². The molecule has 0 fully saturated rings. The zero-order valence-corrected chi connectivity index (χ0v) is 15.1. The van der Waals surface area contributed by atoms with Gasteiger partial charge < -0.3 is 10.3 Å². The van der Waals surface area contributed by atoms with Crippen molar-refractivity contribution in [2.45, 2.75) is 12.6 Å². The molecular weight excluding hydrogens is 389 g/mol. The highest BCUT2D eigenvalue weighted by molar-refractivity contribution is 6.31. The first-order valence-electron chi connectivity index (χ1n) is 8.39. The molecule has 0 saturated heterocycles. The summed E-state index contributed by atoms with van der Waals surface area (Å²) >= 11 is 6.02. The Morgan fingerprint density at radius 2 is 1.79 bits per heavy atom. The fourth-order valence-corrected chi connectivity index (χ4v) is 3.05. The van der Waals surface area contributed by atoms with Crippen molar-refractivity contribution in [3.8, 4) is 0 Å². The van der Waals surface area contributed by atoms with Gasteiger partial charge in [-0.25, -0.2) is 9.97 Å². The second-order valence-electron chi connectivity index (χ2n) is 6.29. The molecule has 8 heteroatoms. The van der Waals surface area contributed by atoms with E-state index in [9.17, 15) is 13.2 Å². The molecule has 2 N–H and O–H groups in total. The number of pyridine rings is 2. The first-order valence-corrected chi connectivity index (χ1v) is 8.77. The number of aromatic nitrogens is 3. The normalized spacial score (nSPS) is 11.7. The van der Waals surface area contributed by atoms with Crippen LogP contribution in [0.25, 0.3) is 11.0 Å². The molecule has 0 unspecified atom stereocenters. The van der Waals surface area contributed by atoms with Crippen LogP contribution in [0.2, 0.25) is 5.02 Å². The van der Waals surface area contributed by atoms with Crippen LogP contribution in [0.3, 0.4) is 0 Å². The molecule has 0 spiro atoms. The van der Waals surface area contributed by atoms with Gasteiger partial charge in [0, 0.05) is 36.1 Å². The van der Waals surface area contributed by atoms with E-state index >= 15 is 0 Å². The van der Waals surface area contributed by atoms with Crippen molar-refractivity contribution in [2.75, 3.05) is 5.32 Å². The van der Waals surface area contributed by atoms with Gasteiger partial charge in [0.05, 0.1) is 10.6 Å². The standard InChI is InChI=1S/C20H14ClF3N4/c21-15-8-17-13(10-26-19(17)27-11-15)7-12-1-6-18(25-9-12)28-16-4-2-14(3-5-16)20(22,23)24/h1-6,8-11H,7H2,(H,25,28)(H,26,27). The molecular formula is C20H14ClF3N4. The molecule has 0 aliphatic carbocycles. The Kier molecular flexibility index (Phi) is 4.68. The predicted molar refractivity (Wildman–Crippen MR) is 103 cm³/mol. The maximum Gasteiger partial charge on any atom is 0.416 e. The Bertz CT molecular complexity index is 1100. The van der Waals surface area contributed by atoms with Gasteiger partial charge >= 0.3 is 6.18 Å². The highest BCUT2D eigenvalue weighted by atomic mass is 35.5. The lowest BCUT2D eigenvalue weighted by Crippen LogP contribution is -2.04. The van der Waals surface area contributed by atoms with Crippen molar-refractivity contribution in [1.29, 1.82) is 0 Å². The monoisotopic (exact) mass is 402 g/mol. The number of aromatic amines is 1. The van der Waals surface area contributed by atoms with E-state index in [1.54, 1.807) is 18.5 Å². The summed E-state index contributed by atoms with van der Waals surface area (Å²) in [5.74, 6) is 0.548. The van der Waals surface area contributed by atoms with Gasteiger partial charge in [-0.1, -0.05) is 17.7 Å². The topological polar surface area (TPSA) is 53.6 Å². The smallest absolute Gasteiger partial charge is 0.346 e. The van der Waals surface area contributed by atoms with Gasteiger partial charge in [-0.15, -0.1) is 0 Å². The molecule has 0 aliphatic heterocycles. The number of H-pyrrole nitrogens is 1. The first-order chi connectivity index (χ1) is 13.4. The molecule has 4 aromatic rings. The second kappa shape index (κ2) is 7.16. The molecule has 0 saturated carbocycles. The summed E-state index contributed by atoms with van der Waals surface area (Å²) in [4.78, 5) is 11.7. The quantitative estimate of drug-likeness (QED) is 0.442. The van der Waals surface area contributed by atoms with Gasteiger partial charge in [0.1, 0.15) is 11.5 Å². The van der Waals surface area contributed by atoms with E-state index < -0.39 is 11.7 Å². The SMILES string of the molecule is FC(F)(F)c1ccc(Nc2ccc(Cc3c[nH]c4ncc(Cl)cc34)cn2)cc1. The van der Waals surface area contributed by atoms with Crippen molar-refractivity contribution >= 4 is 34.1 Å². The van der Waals surface area contributed by atoms with Gasteiger partial charge in [0.25, 0.3) is 0 Å². The lowest BCUT2D eigenvalue weighted by molar-refractivity contribution is -0.137. The van der Waals surface area contributed by atoms with Crippen LogP contribution >= 0.6 is 11.6 Å². The summed E-state index contributed by atoms with van der Waals surface area (Å²) in [7, 11) is 0. The van der Waals surface area contributed by atoms with Crippen molar-refractivity contribution in [3.05, 3.63) is 82.8 Å². The summed E-state index contributed by atoms with van der Waals surface area (Å²) in [6, 6.07) is 10.4. The van der Waals surface area contributed by atoms with Crippen LogP contribution in [0.15, 0.2) is 61.1 Å². The van der Waals surface area contributed by atoms with Crippen LogP contribution in [0.5, 0.6) is 0 Å². The molecule has 0 amide bonds.